The van der Waals surface area contributed by atoms with Crippen LogP contribution in [0.4, 0.5) is 11.8 Å². The van der Waals surface area contributed by atoms with Crippen LogP contribution in [0.3, 0.4) is 0 Å². The van der Waals surface area contributed by atoms with Gasteiger partial charge in [-0.1, -0.05) is 26.7 Å². The Bertz CT molecular complexity index is 417. The molecule has 4 nitrogen and oxygen atoms in total. The second-order valence-electron chi connectivity index (χ2n) is 5.92. The van der Waals surface area contributed by atoms with E-state index < -0.39 is 0 Å². The first-order valence-electron chi connectivity index (χ1n) is 7.39. The molecular formula is C15H26N4. The van der Waals surface area contributed by atoms with Gasteiger partial charge in [-0.2, -0.15) is 4.98 Å². The van der Waals surface area contributed by atoms with E-state index in [4.69, 9.17) is 0 Å². The molecule has 1 aromatic heterocycles. The van der Waals surface area contributed by atoms with E-state index in [9.17, 15) is 0 Å². The maximum absolute atomic E-state index is 4.55. The van der Waals surface area contributed by atoms with Crippen molar-refractivity contribution in [3.63, 3.8) is 0 Å². The third-order valence-electron chi connectivity index (χ3n) is 4.19. The molecule has 4 heteroatoms. The summed E-state index contributed by atoms with van der Waals surface area (Å²) in [6, 6.07) is 0.548. The molecule has 2 rings (SSSR count). The van der Waals surface area contributed by atoms with Gasteiger partial charge in [-0.15, -0.1) is 0 Å². The highest BCUT2D eigenvalue weighted by Crippen LogP contribution is 2.32. The molecule has 1 aliphatic rings. The number of nitrogens with one attached hydrogen (secondary N) is 2. The first-order chi connectivity index (χ1) is 9.11. The number of hydrogen-bond donors (Lipinski definition) is 2. The SMILES string of the molecule is CNc1ncc(C)c(NC2CCCCC2C(C)C)n1. The molecule has 0 spiro atoms. The first-order valence-corrected chi connectivity index (χ1v) is 7.39. The maximum atomic E-state index is 4.55. The summed E-state index contributed by atoms with van der Waals surface area (Å²) in [5.74, 6) is 3.15. The first kappa shape index (κ1) is 14.1. The number of nitrogens with zero attached hydrogens (tertiary/aromatic N) is 2. The molecule has 1 heterocycles. The van der Waals surface area contributed by atoms with Crippen LogP contribution in [-0.4, -0.2) is 23.1 Å². The average molecular weight is 262 g/mol. The van der Waals surface area contributed by atoms with E-state index in [2.05, 4.69) is 41.4 Å². The fourth-order valence-corrected chi connectivity index (χ4v) is 3.02. The highest BCUT2D eigenvalue weighted by Gasteiger charge is 2.28. The summed E-state index contributed by atoms with van der Waals surface area (Å²) in [6.07, 6.45) is 7.16. The molecule has 1 aromatic rings. The zero-order chi connectivity index (χ0) is 13.8. The summed E-state index contributed by atoms with van der Waals surface area (Å²) in [7, 11) is 1.85. The van der Waals surface area contributed by atoms with Gasteiger partial charge in [-0.05, 0) is 31.6 Å². The molecule has 1 aliphatic carbocycles. The zero-order valence-electron chi connectivity index (χ0n) is 12.5. The molecule has 0 amide bonds. The van der Waals surface area contributed by atoms with E-state index >= 15 is 0 Å². The Balaban J connectivity index is 2.14. The van der Waals surface area contributed by atoms with Gasteiger partial charge >= 0.3 is 0 Å². The van der Waals surface area contributed by atoms with E-state index in [1.807, 2.05) is 13.2 Å². The summed E-state index contributed by atoms with van der Waals surface area (Å²) in [5.41, 5.74) is 1.12. The van der Waals surface area contributed by atoms with Crippen molar-refractivity contribution in [3.8, 4) is 0 Å². The van der Waals surface area contributed by atoms with Crippen molar-refractivity contribution < 1.29 is 0 Å². The van der Waals surface area contributed by atoms with E-state index in [-0.39, 0.29) is 0 Å². The Morgan fingerprint density at radius 1 is 1.26 bits per heavy atom. The van der Waals surface area contributed by atoms with Crippen molar-refractivity contribution >= 4 is 11.8 Å². The van der Waals surface area contributed by atoms with Crippen LogP contribution in [0.5, 0.6) is 0 Å². The number of aryl methyl sites for hydroxylation is 1. The highest BCUT2D eigenvalue weighted by molar-refractivity contribution is 5.47. The van der Waals surface area contributed by atoms with Gasteiger partial charge in [0.15, 0.2) is 0 Å². The number of anilines is 2. The topological polar surface area (TPSA) is 49.8 Å². The monoisotopic (exact) mass is 262 g/mol. The van der Waals surface area contributed by atoms with Crippen LogP contribution in [0, 0.1) is 18.8 Å². The predicted octanol–water partition coefficient (Wildman–Crippen LogP) is 3.45. The van der Waals surface area contributed by atoms with Crippen LogP contribution >= 0.6 is 0 Å². The second kappa shape index (κ2) is 6.22. The van der Waals surface area contributed by atoms with Crippen LogP contribution in [-0.2, 0) is 0 Å². The molecule has 19 heavy (non-hydrogen) atoms. The third kappa shape index (κ3) is 3.37. The highest BCUT2D eigenvalue weighted by atomic mass is 15.1. The predicted molar refractivity (Wildman–Crippen MR) is 80.5 cm³/mol. The number of rotatable bonds is 4. The Labute approximate surface area is 116 Å². The normalized spacial score (nSPS) is 23.4. The zero-order valence-corrected chi connectivity index (χ0v) is 12.5. The molecule has 0 bridgehead atoms. The summed E-state index contributed by atoms with van der Waals surface area (Å²) < 4.78 is 0. The van der Waals surface area contributed by atoms with Crippen molar-refractivity contribution in [1.29, 1.82) is 0 Å². The molecule has 1 saturated carbocycles. The Kier molecular flexibility index (Phi) is 4.61. The van der Waals surface area contributed by atoms with Gasteiger partial charge in [0.1, 0.15) is 5.82 Å². The lowest BCUT2D eigenvalue weighted by atomic mass is 9.78. The molecule has 1 fully saturated rings. The molecule has 0 radical (unpaired) electrons. The Hall–Kier alpha value is -1.32. The maximum Gasteiger partial charge on any atom is 0.224 e. The van der Waals surface area contributed by atoms with Crippen molar-refractivity contribution in [2.45, 2.75) is 52.5 Å². The van der Waals surface area contributed by atoms with Gasteiger partial charge in [0.25, 0.3) is 0 Å². The molecular weight excluding hydrogens is 236 g/mol. The standard InChI is InChI=1S/C15H26N4/c1-10(2)12-7-5-6-8-13(12)18-14-11(3)9-17-15(16-4)19-14/h9-10,12-13H,5-8H2,1-4H3,(H2,16,17,18,19). The van der Waals surface area contributed by atoms with Gasteiger partial charge in [-0.3, -0.25) is 0 Å². The second-order valence-corrected chi connectivity index (χ2v) is 5.92. The minimum absolute atomic E-state index is 0.548. The number of aromatic nitrogens is 2. The Morgan fingerprint density at radius 2 is 2.00 bits per heavy atom. The van der Waals surface area contributed by atoms with E-state index in [1.54, 1.807) is 0 Å². The molecule has 2 N–H and O–H groups in total. The van der Waals surface area contributed by atoms with E-state index in [0.29, 0.717) is 12.0 Å². The quantitative estimate of drug-likeness (QED) is 0.872. The van der Waals surface area contributed by atoms with Crippen LogP contribution in [0.15, 0.2) is 6.20 Å². The molecule has 106 valence electrons. The minimum Gasteiger partial charge on any atom is -0.367 e. The lowest BCUT2D eigenvalue weighted by Gasteiger charge is -2.35. The molecule has 2 unspecified atom stereocenters. The molecule has 0 aliphatic heterocycles. The van der Waals surface area contributed by atoms with Crippen LogP contribution in [0.1, 0.15) is 45.1 Å². The fourth-order valence-electron chi connectivity index (χ4n) is 3.02. The Morgan fingerprint density at radius 3 is 2.68 bits per heavy atom. The lowest BCUT2D eigenvalue weighted by molar-refractivity contribution is 0.253. The van der Waals surface area contributed by atoms with Gasteiger partial charge < -0.3 is 10.6 Å². The van der Waals surface area contributed by atoms with E-state index in [1.165, 1.54) is 25.7 Å². The fraction of sp³-hybridized carbons (Fsp3) is 0.733. The molecule has 0 aromatic carbocycles. The summed E-state index contributed by atoms with van der Waals surface area (Å²) in [5, 5.41) is 6.67. The third-order valence-corrected chi connectivity index (χ3v) is 4.19. The van der Waals surface area contributed by atoms with Crippen molar-refractivity contribution in [2.24, 2.45) is 11.8 Å². The molecule has 0 saturated heterocycles. The summed E-state index contributed by atoms with van der Waals surface area (Å²) in [4.78, 5) is 8.79. The smallest absolute Gasteiger partial charge is 0.224 e. The van der Waals surface area contributed by atoms with Crippen LogP contribution < -0.4 is 10.6 Å². The van der Waals surface area contributed by atoms with Gasteiger partial charge in [0, 0.05) is 24.8 Å². The summed E-state index contributed by atoms with van der Waals surface area (Å²) in [6.45, 7) is 6.72. The average Bonchev–Trinajstić information content (AvgIpc) is 2.41. The summed E-state index contributed by atoms with van der Waals surface area (Å²) >= 11 is 0. The van der Waals surface area contributed by atoms with Gasteiger partial charge in [0.2, 0.25) is 5.95 Å². The van der Waals surface area contributed by atoms with Gasteiger partial charge in [-0.25, -0.2) is 4.98 Å². The van der Waals surface area contributed by atoms with Crippen molar-refractivity contribution in [1.82, 2.24) is 9.97 Å². The van der Waals surface area contributed by atoms with Crippen molar-refractivity contribution in [3.05, 3.63) is 11.8 Å². The largest absolute Gasteiger partial charge is 0.367 e. The van der Waals surface area contributed by atoms with Gasteiger partial charge in [0.05, 0.1) is 0 Å². The number of hydrogen-bond acceptors (Lipinski definition) is 4. The van der Waals surface area contributed by atoms with Crippen molar-refractivity contribution in [2.75, 3.05) is 17.7 Å². The molecule has 2 atom stereocenters. The minimum atomic E-state index is 0.548. The van der Waals surface area contributed by atoms with Crippen LogP contribution in [0.2, 0.25) is 0 Å². The lowest BCUT2D eigenvalue weighted by Crippen LogP contribution is -2.35. The van der Waals surface area contributed by atoms with Crippen LogP contribution in [0.25, 0.3) is 0 Å². The van der Waals surface area contributed by atoms with E-state index in [0.717, 1.165) is 23.2 Å².